The molecule has 1 aliphatic heterocycles. The van der Waals surface area contributed by atoms with Gasteiger partial charge in [0.25, 0.3) is 5.88 Å². The van der Waals surface area contributed by atoms with E-state index >= 15 is 0 Å². The molecule has 0 amide bonds. The van der Waals surface area contributed by atoms with Gasteiger partial charge in [-0.25, -0.2) is 9.37 Å². The number of hydrogen-bond donors (Lipinski definition) is 1. The number of benzene rings is 1. The highest BCUT2D eigenvalue weighted by atomic mass is 19.1. The second kappa shape index (κ2) is 7.22. The average Bonchev–Trinajstić information content (AvgIpc) is 2.57. The van der Waals surface area contributed by atoms with Crippen LogP contribution in [0.3, 0.4) is 0 Å². The Bertz CT molecular complexity index is 598. The molecular weight excluding hydrogens is 283 g/mol. The number of ether oxygens (including phenoxy) is 2. The first-order chi connectivity index (χ1) is 10.8. The van der Waals surface area contributed by atoms with Gasteiger partial charge >= 0.3 is 0 Å². The molecular formula is C17H19FN2O2. The lowest BCUT2D eigenvalue weighted by molar-refractivity contribution is 0.212. The normalized spacial score (nSPS) is 18.0. The molecule has 0 saturated carbocycles. The molecule has 5 heteroatoms. The molecule has 2 aromatic rings. The monoisotopic (exact) mass is 302 g/mol. The van der Waals surface area contributed by atoms with E-state index in [2.05, 4.69) is 10.3 Å². The van der Waals surface area contributed by atoms with Crippen LogP contribution < -0.4 is 14.8 Å². The fourth-order valence-corrected chi connectivity index (χ4v) is 2.45. The third-order valence-corrected chi connectivity index (χ3v) is 3.64. The summed E-state index contributed by atoms with van der Waals surface area (Å²) in [4.78, 5) is 4.20. The second-order valence-electron chi connectivity index (χ2n) is 5.39. The van der Waals surface area contributed by atoms with Gasteiger partial charge < -0.3 is 14.8 Å². The fraction of sp³-hybridized carbons (Fsp3) is 0.353. The predicted molar refractivity (Wildman–Crippen MR) is 81.8 cm³/mol. The first-order valence-corrected chi connectivity index (χ1v) is 7.53. The average molecular weight is 302 g/mol. The van der Waals surface area contributed by atoms with Crippen molar-refractivity contribution in [2.24, 2.45) is 5.92 Å². The van der Waals surface area contributed by atoms with E-state index < -0.39 is 0 Å². The van der Waals surface area contributed by atoms with Gasteiger partial charge in [0.15, 0.2) is 5.75 Å². The van der Waals surface area contributed by atoms with Crippen LogP contribution >= 0.6 is 0 Å². The lowest BCUT2D eigenvalue weighted by Gasteiger charge is -2.23. The third kappa shape index (κ3) is 3.95. The number of rotatable bonds is 5. The first kappa shape index (κ1) is 14.8. The van der Waals surface area contributed by atoms with E-state index in [4.69, 9.17) is 9.47 Å². The molecule has 2 heterocycles. The molecule has 1 aliphatic rings. The zero-order chi connectivity index (χ0) is 15.2. The van der Waals surface area contributed by atoms with Crippen molar-refractivity contribution < 1.29 is 13.9 Å². The Morgan fingerprint density at radius 1 is 1.23 bits per heavy atom. The Morgan fingerprint density at radius 2 is 2.09 bits per heavy atom. The summed E-state index contributed by atoms with van der Waals surface area (Å²) >= 11 is 0. The first-order valence-electron chi connectivity index (χ1n) is 7.53. The highest BCUT2D eigenvalue weighted by Gasteiger charge is 2.15. The molecule has 4 nitrogen and oxygen atoms in total. The van der Waals surface area contributed by atoms with E-state index in [0.717, 1.165) is 13.1 Å². The van der Waals surface area contributed by atoms with Crippen LogP contribution in [-0.2, 0) is 0 Å². The number of piperidine rings is 1. The van der Waals surface area contributed by atoms with Gasteiger partial charge in [0, 0.05) is 18.7 Å². The summed E-state index contributed by atoms with van der Waals surface area (Å²) in [5.74, 6) is 1.75. The lowest BCUT2D eigenvalue weighted by atomic mass is 10.0. The molecule has 1 atom stereocenters. The maximum atomic E-state index is 12.9. The standard InChI is InChI=1S/C17H19FN2O2/c18-14-5-7-15(8-6-14)22-17-16(4-2-10-20-17)21-12-13-3-1-9-19-11-13/h2,4-8,10,13,19H,1,3,9,11-12H2/t13-/m1/s1. The molecule has 0 spiro atoms. The molecule has 3 rings (SSSR count). The van der Waals surface area contributed by atoms with E-state index in [1.165, 1.54) is 25.0 Å². The van der Waals surface area contributed by atoms with Gasteiger partial charge in [-0.2, -0.15) is 0 Å². The maximum absolute atomic E-state index is 12.9. The van der Waals surface area contributed by atoms with Crippen molar-refractivity contribution in [3.05, 3.63) is 48.4 Å². The number of hydrogen-bond acceptors (Lipinski definition) is 4. The number of nitrogens with zero attached hydrogens (tertiary/aromatic N) is 1. The number of halogens is 1. The number of pyridine rings is 1. The van der Waals surface area contributed by atoms with E-state index in [1.807, 2.05) is 12.1 Å². The van der Waals surface area contributed by atoms with Crippen molar-refractivity contribution in [1.82, 2.24) is 10.3 Å². The topological polar surface area (TPSA) is 43.4 Å². The largest absolute Gasteiger partial charge is 0.488 e. The van der Waals surface area contributed by atoms with Crippen LogP contribution in [0.1, 0.15) is 12.8 Å². The van der Waals surface area contributed by atoms with Gasteiger partial charge in [0.1, 0.15) is 11.6 Å². The summed E-state index contributed by atoms with van der Waals surface area (Å²) in [6.07, 6.45) is 4.00. The van der Waals surface area contributed by atoms with E-state index in [0.29, 0.717) is 29.9 Å². The molecule has 1 aromatic carbocycles. The fourth-order valence-electron chi connectivity index (χ4n) is 2.45. The third-order valence-electron chi connectivity index (χ3n) is 3.64. The van der Waals surface area contributed by atoms with Crippen LogP contribution in [0.4, 0.5) is 4.39 Å². The van der Waals surface area contributed by atoms with Crippen LogP contribution in [0.2, 0.25) is 0 Å². The molecule has 1 aromatic heterocycles. The zero-order valence-corrected chi connectivity index (χ0v) is 12.3. The molecule has 1 fully saturated rings. The van der Waals surface area contributed by atoms with Crippen LogP contribution in [0, 0.1) is 11.7 Å². The highest BCUT2D eigenvalue weighted by molar-refractivity contribution is 5.37. The summed E-state index contributed by atoms with van der Waals surface area (Å²) in [5, 5.41) is 3.37. The highest BCUT2D eigenvalue weighted by Crippen LogP contribution is 2.29. The summed E-state index contributed by atoms with van der Waals surface area (Å²) in [6.45, 7) is 2.70. The Balaban J connectivity index is 1.65. The summed E-state index contributed by atoms with van der Waals surface area (Å²) in [5.41, 5.74) is 0. The molecule has 0 aliphatic carbocycles. The van der Waals surface area contributed by atoms with Crippen molar-refractivity contribution in [3.63, 3.8) is 0 Å². The van der Waals surface area contributed by atoms with Crippen molar-refractivity contribution in [1.29, 1.82) is 0 Å². The summed E-state index contributed by atoms with van der Waals surface area (Å²) < 4.78 is 24.5. The molecule has 0 bridgehead atoms. The minimum absolute atomic E-state index is 0.297. The Labute approximate surface area is 129 Å². The van der Waals surface area contributed by atoms with Crippen LogP contribution in [0.25, 0.3) is 0 Å². The van der Waals surface area contributed by atoms with Crippen molar-refractivity contribution in [2.45, 2.75) is 12.8 Å². The summed E-state index contributed by atoms with van der Waals surface area (Å²) in [7, 11) is 0. The van der Waals surface area contributed by atoms with Crippen molar-refractivity contribution in [2.75, 3.05) is 19.7 Å². The number of aromatic nitrogens is 1. The van der Waals surface area contributed by atoms with E-state index in [9.17, 15) is 4.39 Å². The van der Waals surface area contributed by atoms with E-state index in [-0.39, 0.29) is 5.82 Å². The van der Waals surface area contributed by atoms with Gasteiger partial charge in [-0.15, -0.1) is 0 Å². The van der Waals surface area contributed by atoms with E-state index in [1.54, 1.807) is 18.3 Å². The molecule has 1 saturated heterocycles. The number of nitrogens with one attached hydrogen (secondary N) is 1. The predicted octanol–water partition coefficient (Wildman–Crippen LogP) is 3.39. The minimum Gasteiger partial charge on any atom is -0.488 e. The van der Waals surface area contributed by atoms with Gasteiger partial charge in [-0.3, -0.25) is 0 Å². The molecule has 116 valence electrons. The van der Waals surface area contributed by atoms with Gasteiger partial charge in [-0.1, -0.05) is 0 Å². The SMILES string of the molecule is Fc1ccc(Oc2ncccc2OC[C@@H]2CCCNC2)cc1. The smallest absolute Gasteiger partial charge is 0.262 e. The quantitative estimate of drug-likeness (QED) is 0.919. The zero-order valence-electron chi connectivity index (χ0n) is 12.3. The van der Waals surface area contributed by atoms with Gasteiger partial charge in [-0.05, 0) is 55.8 Å². The minimum atomic E-state index is -0.297. The maximum Gasteiger partial charge on any atom is 0.262 e. The van der Waals surface area contributed by atoms with Crippen LogP contribution in [0.5, 0.6) is 17.4 Å². The van der Waals surface area contributed by atoms with Crippen molar-refractivity contribution in [3.8, 4) is 17.4 Å². The van der Waals surface area contributed by atoms with Crippen molar-refractivity contribution >= 4 is 0 Å². The molecule has 1 N–H and O–H groups in total. The van der Waals surface area contributed by atoms with Crippen LogP contribution in [-0.4, -0.2) is 24.7 Å². The second-order valence-corrected chi connectivity index (χ2v) is 5.39. The Hall–Kier alpha value is -2.14. The molecule has 0 unspecified atom stereocenters. The lowest BCUT2D eigenvalue weighted by Crippen LogP contribution is -2.33. The summed E-state index contributed by atoms with van der Waals surface area (Å²) in [6, 6.07) is 9.49. The van der Waals surface area contributed by atoms with Gasteiger partial charge in [0.05, 0.1) is 6.61 Å². The van der Waals surface area contributed by atoms with Gasteiger partial charge in [0.2, 0.25) is 0 Å². The van der Waals surface area contributed by atoms with Crippen LogP contribution in [0.15, 0.2) is 42.6 Å². The molecule has 22 heavy (non-hydrogen) atoms. The Kier molecular flexibility index (Phi) is 4.85. The molecule has 0 radical (unpaired) electrons. The Morgan fingerprint density at radius 3 is 2.86 bits per heavy atom.